The highest BCUT2D eigenvalue weighted by molar-refractivity contribution is 8.04. The minimum absolute atomic E-state index is 0.0578. The lowest BCUT2D eigenvalue weighted by Gasteiger charge is -2.31. The Hall–Kier alpha value is -5.94. The van der Waals surface area contributed by atoms with Crippen molar-refractivity contribution in [1.82, 2.24) is 10.6 Å². The molecule has 2 aliphatic heterocycles. The summed E-state index contributed by atoms with van der Waals surface area (Å²) in [6.45, 7) is 8.02. The number of nitrogens with zero attached hydrogens (tertiary/aromatic N) is 2. The highest BCUT2D eigenvalue weighted by Gasteiger charge is 2.46. The van der Waals surface area contributed by atoms with Crippen molar-refractivity contribution in [2.75, 3.05) is 31.1 Å². The zero-order chi connectivity index (χ0) is 52.5. The standard InChI is InChI=1S/C54H64N4O11S3/c1-6-7-19-34-54(5)47(58(45-33-31-41-23-14-16-25-43(41)52(45)54)36-21-18-29-49(60)56-38-50(71(64,65)66)72(67,68)69)27-12-10-8-9-11-26-46-53(3,4)51-42-24-15-13-22-40(42)30-32-44(51)57(46)35-20-17-28-48(59)55-37-39(2)70(61,62)63/h1,8-16,22-27,30-33,39,50H,7,17-21,28-29,34-38H2,2-5H3,(H4-,55,56,59,60,61,62,63,64,65,66,67,68,69)/p+1. The van der Waals surface area contributed by atoms with E-state index in [9.17, 15) is 48.5 Å². The minimum Gasteiger partial charge on any atom is -0.355 e. The number of hydrogen-bond acceptors (Lipinski definition) is 9. The van der Waals surface area contributed by atoms with Crippen LogP contribution in [0.5, 0.6) is 0 Å². The molecule has 2 unspecified atom stereocenters. The van der Waals surface area contributed by atoms with Crippen LogP contribution in [0.2, 0.25) is 0 Å². The minimum atomic E-state index is -5.19. The third-order valence-corrected chi connectivity index (χ3v) is 17.9. The van der Waals surface area contributed by atoms with Gasteiger partial charge in [0.05, 0.1) is 12.0 Å². The predicted octanol–water partition coefficient (Wildman–Crippen LogP) is 8.45. The number of hydrogen-bond donors (Lipinski definition) is 5. The summed E-state index contributed by atoms with van der Waals surface area (Å²) in [7, 11) is -14.6. The molecule has 0 bridgehead atoms. The first-order valence-electron chi connectivity index (χ1n) is 24.0. The van der Waals surface area contributed by atoms with Gasteiger partial charge < -0.3 is 15.5 Å². The number of rotatable bonds is 24. The topological polar surface area (TPSA) is 228 Å². The molecule has 0 saturated carbocycles. The van der Waals surface area contributed by atoms with Gasteiger partial charge in [-0.3, -0.25) is 23.2 Å². The quantitative estimate of drug-likeness (QED) is 0.0146. The van der Waals surface area contributed by atoms with Crippen LogP contribution in [-0.4, -0.2) is 97.0 Å². The van der Waals surface area contributed by atoms with Crippen LogP contribution in [0.25, 0.3) is 21.5 Å². The van der Waals surface area contributed by atoms with Crippen LogP contribution >= 0.6 is 0 Å². The highest BCUT2D eigenvalue weighted by Crippen LogP contribution is 2.53. The molecule has 5 N–H and O–H groups in total. The van der Waals surface area contributed by atoms with E-state index in [0.717, 1.165) is 51.8 Å². The number of benzene rings is 4. The SMILES string of the molecule is C#CCCCC1(C)C(=CC=CC=CC=CC2=[N+](CCCCC(=O)NCC(C)S(=O)(=O)O)c3ccc4ccccc4c3C2(C)C)N(CCCCC(=O)NCC(S(=O)(=O)O)S(=O)(=O)O)c2ccc3ccccc3c21. The van der Waals surface area contributed by atoms with Crippen molar-refractivity contribution in [1.29, 1.82) is 0 Å². The van der Waals surface area contributed by atoms with E-state index < -0.39 is 58.1 Å². The van der Waals surface area contributed by atoms with E-state index in [1.807, 2.05) is 54.6 Å². The van der Waals surface area contributed by atoms with Gasteiger partial charge in [0.1, 0.15) is 11.8 Å². The molecule has 18 heteroatoms. The Bertz CT molecular complexity index is 3210. The van der Waals surface area contributed by atoms with Crippen molar-refractivity contribution in [3.05, 3.63) is 132 Å². The Balaban J connectivity index is 1.22. The fourth-order valence-electron chi connectivity index (χ4n) is 9.91. The van der Waals surface area contributed by atoms with Crippen LogP contribution in [0.4, 0.5) is 11.4 Å². The molecule has 72 heavy (non-hydrogen) atoms. The van der Waals surface area contributed by atoms with E-state index in [4.69, 9.17) is 6.42 Å². The van der Waals surface area contributed by atoms with E-state index in [1.165, 1.54) is 23.4 Å². The Morgan fingerprint density at radius 2 is 1.28 bits per heavy atom. The van der Waals surface area contributed by atoms with Crippen molar-refractivity contribution in [3.8, 4) is 12.3 Å². The van der Waals surface area contributed by atoms with Crippen LogP contribution in [0, 0.1) is 12.3 Å². The van der Waals surface area contributed by atoms with Gasteiger partial charge in [-0.15, -0.1) is 12.3 Å². The summed E-state index contributed by atoms with van der Waals surface area (Å²) in [5.41, 5.74) is 5.88. The maximum absolute atomic E-state index is 12.7. The second-order valence-corrected chi connectivity index (χ2v) is 24.4. The van der Waals surface area contributed by atoms with Gasteiger partial charge >= 0.3 is 0 Å². The van der Waals surface area contributed by atoms with Crippen molar-refractivity contribution >= 4 is 80.8 Å². The Kier molecular flexibility index (Phi) is 17.9. The van der Waals surface area contributed by atoms with Gasteiger partial charge in [-0.05, 0) is 105 Å². The zero-order valence-electron chi connectivity index (χ0n) is 41.1. The molecule has 384 valence electrons. The van der Waals surface area contributed by atoms with Crippen molar-refractivity contribution in [2.24, 2.45) is 0 Å². The summed E-state index contributed by atoms with van der Waals surface area (Å²) >= 11 is 0. The molecule has 4 aromatic carbocycles. The van der Waals surface area contributed by atoms with E-state index in [0.29, 0.717) is 45.2 Å². The lowest BCUT2D eigenvalue weighted by Crippen LogP contribution is -2.41. The lowest BCUT2D eigenvalue weighted by molar-refractivity contribution is -0.438. The first-order chi connectivity index (χ1) is 34.0. The maximum atomic E-state index is 12.7. The molecule has 6 rings (SSSR count). The highest BCUT2D eigenvalue weighted by atomic mass is 32.3. The Morgan fingerprint density at radius 1 is 0.708 bits per heavy atom. The molecule has 15 nitrogen and oxygen atoms in total. The monoisotopic (exact) mass is 1040 g/mol. The molecule has 2 atom stereocenters. The smallest absolute Gasteiger partial charge is 0.286 e. The van der Waals surface area contributed by atoms with Crippen LogP contribution in [0.3, 0.4) is 0 Å². The van der Waals surface area contributed by atoms with Crippen LogP contribution < -0.4 is 15.5 Å². The van der Waals surface area contributed by atoms with E-state index >= 15 is 0 Å². The van der Waals surface area contributed by atoms with Crippen molar-refractivity contribution in [3.63, 3.8) is 0 Å². The first kappa shape index (κ1) is 55.4. The number of terminal acetylenes is 1. The second-order valence-electron chi connectivity index (χ2n) is 19.1. The summed E-state index contributed by atoms with van der Waals surface area (Å²) in [5, 5.41) is 8.25. The fraction of sp³-hybridized carbons (Fsp3) is 0.389. The summed E-state index contributed by atoms with van der Waals surface area (Å²) in [6.07, 6.45) is 24.4. The maximum Gasteiger partial charge on any atom is 0.286 e. The van der Waals surface area contributed by atoms with Crippen LogP contribution in [0.15, 0.2) is 121 Å². The molecule has 0 aromatic heterocycles. The van der Waals surface area contributed by atoms with Gasteiger partial charge in [0.15, 0.2) is 5.71 Å². The number of carbonyl (C=O) groups is 2. The number of fused-ring (bicyclic) bond motifs is 6. The van der Waals surface area contributed by atoms with E-state index in [2.05, 4.69) is 107 Å². The lowest BCUT2D eigenvalue weighted by atomic mass is 9.75. The van der Waals surface area contributed by atoms with Crippen molar-refractivity contribution in [2.45, 2.75) is 106 Å². The molecule has 0 fully saturated rings. The van der Waals surface area contributed by atoms with E-state index in [1.54, 1.807) is 0 Å². The molecule has 2 aliphatic rings. The number of carbonyl (C=O) groups excluding carboxylic acids is 2. The number of unbranched alkanes of at least 4 members (excludes halogenated alkanes) is 3. The third kappa shape index (κ3) is 13.0. The number of anilines is 1. The number of nitrogens with one attached hydrogen (secondary N) is 2. The second kappa shape index (κ2) is 23.3. The molecular weight excluding hydrogens is 977 g/mol. The summed E-state index contributed by atoms with van der Waals surface area (Å²) < 4.78 is 96.5. The third-order valence-electron chi connectivity index (χ3n) is 13.6. The summed E-state index contributed by atoms with van der Waals surface area (Å²) in [4.78, 5) is 27.5. The molecule has 2 amide bonds. The average molecular weight is 1040 g/mol. The molecule has 0 radical (unpaired) electrons. The largest absolute Gasteiger partial charge is 0.355 e. The normalized spacial score (nSPS) is 18.0. The number of allylic oxidation sites excluding steroid dienone is 8. The molecule has 0 spiro atoms. The molecular formula is C54H65N4O11S3+. The van der Waals surface area contributed by atoms with Crippen molar-refractivity contribution < 1.29 is 53.1 Å². The van der Waals surface area contributed by atoms with E-state index in [-0.39, 0.29) is 30.7 Å². The van der Waals surface area contributed by atoms with Gasteiger partial charge in [0, 0.05) is 73.3 Å². The summed E-state index contributed by atoms with van der Waals surface area (Å²) in [5.74, 6) is 1.88. The van der Waals surface area contributed by atoms with Gasteiger partial charge in [-0.1, -0.05) is 85.0 Å². The van der Waals surface area contributed by atoms with Gasteiger partial charge in [-0.2, -0.15) is 29.8 Å². The molecule has 2 heterocycles. The van der Waals surface area contributed by atoms with Gasteiger partial charge in [-0.25, -0.2) is 0 Å². The zero-order valence-corrected chi connectivity index (χ0v) is 43.6. The summed E-state index contributed by atoms with van der Waals surface area (Å²) in [6, 6.07) is 25.1. The van der Waals surface area contributed by atoms with Crippen LogP contribution in [-0.2, 0) is 50.8 Å². The van der Waals surface area contributed by atoms with Gasteiger partial charge in [0.25, 0.3) is 30.4 Å². The predicted molar refractivity (Wildman–Crippen MR) is 285 cm³/mol. The fourth-order valence-corrected chi connectivity index (χ4v) is 12.0. The van der Waals surface area contributed by atoms with Crippen LogP contribution in [0.1, 0.15) is 96.6 Å². The first-order valence-corrected chi connectivity index (χ1v) is 28.6. The number of amides is 2. The Morgan fingerprint density at radius 3 is 1.90 bits per heavy atom. The van der Waals surface area contributed by atoms with Gasteiger partial charge in [0.2, 0.25) is 22.1 Å². The molecule has 0 aliphatic carbocycles. The molecule has 4 aromatic rings. The molecule has 0 saturated heterocycles. The Labute approximate surface area is 424 Å². The average Bonchev–Trinajstić information content (AvgIpc) is 3.68.